The number of hydrogen-bond donors (Lipinski definition) is 2. The molecule has 1 unspecified atom stereocenters. The largest absolute Gasteiger partial charge is 0.395 e. The molecule has 2 rings (SSSR count). The molecule has 106 valence electrons. The molecule has 1 saturated carbocycles. The highest BCUT2D eigenvalue weighted by Gasteiger charge is 2.36. The van der Waals surface area contributed by atoms with E-state index in [0.29, 0.717) is 11.4 Å². The fraction of sp³-hybridized carbons (Fsp3) is 0.714. The first-order valence-electron chi connectivity index (χ1n) is 6.99. The molecule has 1 aliphatic carbocycles. The van der Waals surface area contributed by atoms with Crippen LogP contribution in [0.5, 0.6) is 0 Å². The zero-order chi connectivity index (χ0) is 14.2. The van der Waals surface area contributed by atoms with Crippen LogP contribution in [0.1, 0.15) is 56.2 Å². The van der Waals surface area contributed by atoms with Crippen molar-refractivity contribution in [1.82, 2.24) is 15.1 Å². The van der Waals surface area contributed by atoms with Crippen LogP contribution in [0, 0.1) is 5.41 Å². The van der Waals surface area contributed by atoms with Crippen LogP contribution in [0.25, 0.3) is 0 Å². The summed E-state index contributed by atoms with van der Waals surface area (Å²) >= 11 is 0. The second-order valence-corrected chi connectivity index (χ2v) is 6.09. The molecule has 0 aliphatic heterocycles. The van der Waals surface area contributed by atoms with Gasteiger partial charge in [0.25, 0.3) is 5.91 Å². The lowest BCUT2D eigenvalue weighted by atomic mass is 9.87. The number of nitrogens with one attached hydrogen (secondary N) is 1. The van der Waals surface area contributed by atoms with Gasteiger partial charge in [-0.25, -0.2) is 0 Å². The van der Waals surface area contributed by atoms with Crippen LogP contribution < -0.4 is 11.1 Å². The number of nitrogens with zero attached hydrogens (tertiary/aromatic N) is 2. The summed E-state index contributed by atoms with van der Waals surface area (Å²) in [5, 5.41) is 7.42. The summed E-state index contributed by atoms with van der Waals surface area (Å²) in [6.07, 6.45) is 4.09. The number of nitrogen functional groups attached to an aromatic ring is 1. The van der Waals surface area contributed by atoms with Crippen LogP contribution in [0.3, 0.4) is 0 Å². The normalized spacial score (nSPS) is 21.6. The Balaban J connectivity index is 2.19. The van der Waals surface area contributed by atoms with Gasteiger partial charge >= 0.3 is 0 Å². The third kappa shape index (κ3) is 2.46. The fourth-order valence-corrected chi connectivity index (χ4v) is 2.95. The van der Waals surface area contributed by atoms with E-state index >= 15 is 0 Å². The zero-order valence-electron chi connectivity index (χ0n) is 12.3. The average Bonchev–Trinajstić information content (AvgIpc) is 2.79. The van der Waals surface area contributed by atoms with E-state index in [4.69, 9.17) is 5.73 Å². The van der Waals surface area contributed by atoms with Gasteiger partial charge in [0, 0.05) is 13.1 Å². The predicted octanol–water partition coefficient (Wildman–Crippen LogP) is 1.87. The number of nitrogens with two attached hydrogens (primary N) is 1. The average molecular weight is 264 g/mol. The first-order valence-corrected chi connectivity index (χ1v) is 6.99. The number of amides is 1. The molecule has 0 saturated heterocycles. The summed E-state index contributed by atoms with van der Waals surface area (Å²) in [5.41, 5.74) is 7.96. The molecule has 1 aliphatic rings. The summed E-state index contributed by atoms with van der Waals surface area (Å²) in [4.78, 5) is 12.4. The second-order valence-electron chi connectivity index (χ2n) is 6.09. The highest BCUT2D eigenvalue weighted by atomic mass is 16.2. The van der Waals surface area contributed by atoms with Crippen LogP contribution in [-0.4, -0.2) is 21.7 Å². The highest BCUT2D eigenvalue weighted by molar-refractivity contribution is 5.98. The molecule has 1 aromatic rings. The van der Waals surface area contributed by atoms with Crippen LogP contribution >= 0.6 is 0 Å². The molecule has 0 bridgehead atoms. The number of anilines is 1. The minimum Gasteiger partial charge on any atom is -0.395 e. The minimum absolute atomic E-state index is 0.104. The van der Waals surface area contributed by atoms with Crippen LogP contribution in [-0.2, 0) is 13.5 Å². The minimum atomic E-state index is -0.104. The van der Waals surface area contributed by atoms with Crippen molar-refractivity contribution in [2.24, 2.45) is 12.5 Å². The van der Waals surface area contributed by atoms with E-state index in [1.807, 2.05) is 6.92 Å². The highest BCUT2D eigenvalue weighted by Crippen LogP contribution is 2.37. The Morgan fingerprint density at radius 2 is 2.26 bits per heavy atom. The van der Waals surface area contributed by atoms with E-state index in [9.17, 15) is 4.79 Å². The van der Waals surface area contributed by atoms with E-state index in [0.717, 1.165) is 25.0 Å². The Morgan fingerprint density at radius 3 is 2.74 bits per heavy atom. The van der Waals surface area contributed by atoms with Gasteiger partial charge in [-0.15, -0.1) is 0 Å². The molecular weight excluding hydrogens is 240 g/mol. The van der Waals surface area contributed by atoms with Crippen molar-refractivity contribution in [3.05, 3.63) is 11.4 Å². The summed E-state index contributed by atoms with van der Waals surface area (Å²) < 4.78 is 1.59. The van der Waals surface area contributed by atoms with E-state index < -0.39 is 0 Å². The second kappa shape index (κ2) is 4.87. The van der Waals surface area contributed by atoms with Crippen molar-refractivity contribution in [2.75, 3.05) is 5.73 Å². The quantitative estimate of drug-likeness (QED) is 0.875. The molecular formula is C14H24N4O. The summed E-state index contributed by atoms with van der Waals surface area (Å²) in [6.45, 7) is 6.39. The van der Waals surface area contributed by atoms with Gasteiger partial charge in [-0.1, -0.05) is 27.2 Å². The topological polar surface area (TPSA) is 72.9 Å². The van der Waals surface area contributed by atoms with E-state index in [1.165, 1.54) is 6.42 Å². The van der Waals surface area contributed by atoms with Gasteiger partial charge in [-0.2, -0.15) is 5.10 Å². The van der Waals surface area contributed by atoms with E-state index in [2.05, 4.69) is 24.3 Å². The van der Waals surface area contributed by atoms with Crippen LogP contribution in [0.2, 0.25) is 0 Å². The Morgan fingerprint density at radius 1 is 1.58 bits per heavy atom. The van der Waals surface area contributed by atoms with Gasteiger partial charge in [0.1, 0.15) is 5.69 Å². The molecule has 1 atom stereocenters. The SMILES string of the molecule is CCc1nn(C)c(C(=O)NC2CCCC2(C)C)c1N. The number of carbonyl (C=O) groups is 1. The summed E-state index contributed by atoms with van der Waals surface area (Å²) in [5.74, 6) is -0.104. The van der Waals surface area contributed by atoms with Gasteiger partial charge in [0.15, 0.2) is 0 Å². The molecule has 1 aromatic heterocycles. The maximum atomic E-state index is 12.4. The fourth-order valence-electron chi connectivity index (χ4n) is 2.95. The van der Waals surface area contributed by atoms with Gasteiger partial charge < -0.3 is 11.1 Å². The first-order chi connectivity index (χ1) is 8.86. The number of aryl methyl sites for hydroxylation is 2. The van der Waals surface area contributed by atoms with Crippen LogP contribution in [0.4, 0.5) is 5.69 Å². The molecule has 3 N–H and O–H groups in total. The molecule has 0 spiro atoms. The van der Waals surface area contributed by atoms with Gasteiger partial charge in [0.2, 0.25) is 0 Å². The van der Waals surface area contributed by atoms with Crippen LogP contribution in [0.15, 0.2) is 0 Å². The molecule has 0 radical (unpaired) electrons. The van der Waals surface area contributed by atoms with E-state index in [1.54, 1.807) is 11.7 Å². The lowest BCUT2D eigenvalue weighted by Gasteiger charge is -2.27. The van der Waals surface area contributed by atoms with Crippen molar-refractivity contribution in [2.45, 2.75) is 52.5 Å². The number of carbonyl (C=O) groups excluding carboxylic acids is 1. The molecule has 1 heterocycles. The Labute approximate surface area is 114 Å². The summed E-state index contributed by atoms with van der Waals surface area (Å²) in [6, 6.07) is 0.222. The maximum Gasteiger partial charge on any atom is 0.271 e. The maximum absolute atomic E-state index is 12.4. The third-order valence-electron chi connectivity index (χ3n) is 4.27. The number of hydrogen-bond acceptors (Lipinski definition) is 3. The lowest BCUT2D eigenvalue weighted by molar-refractivity contribution is 0.0901. The lowest BCUT2D eigenvalue weighted by Crippen LogP contribution is -2.42. The predicted molar refractivity (Wildman–Crippen MR) is 75.9 cm³/mol. The molecule has 19 heavy (non-hydrogen) atoms. The smallest absolute Gasteiger partial charge is 0.271 e. The van der Waals surface area contributed by atoms with Gasteiger partial charge in [-0.05, 0) is 24.7 Å². The third-order valence-corrected chi connectivity index (χ3v) is 4.27. The standard InChI is InChI=1S/C14H24N4O/c1-5-9-11(15)12(18(4)17-9)13(19)16-10-7-6-8-14(10,2)3/h10H,5-8,15H2,1-4H3,(H,16,19). The van der Waals surface area contributed by atoms with Crippen molar-refractivity contribution in [3.63, 3.8) is 0 Å². The molecule has 1 amide bonds. The summed E-state index contributed by atoms with van der Waals surface area (Å²) in [7, 11) is 1.77. The zero-order valence-corrected chi connectivity index (χ0v) is 12.3. The molecule has 5 heteroatoms. The number of rotatable bonds is 3. The molecule has 0 aromatic carbocycles. The van der Waals surface area contributed by atoms with Gasteiger partial charge in [-0.3, -0.25) is 9.48 Å². The molecule has 5 nitrogen and oxygen atoms in total. The number of aromatic nitrogens is 2. The van der Waals surface area contributed by atoms with E-state index in [-0.39, 0.29) is 17.4 Å². The van der Waals surface area contributed by atoms with Crippen molar-refractivity contribution >= 4 is 11.6 Å². The Hall–Kier alpha value is -1.52. The Kier molecular flexibility index (Phi) is 3.56. The molecule has 1 fully saturated rings. The Bertz CT molecular complexity index is 490. The van der Waals surface area contributed by atoms with Crippen molar-refractivity contribution in [3.8, 4) is 0 Å². The monoisotopic (exact) mass is 264 g/mol. The first kappa shape index (κ1) is 13.9. The van der Waals surface area contributed by atoms with Gasteiger partial charge in [0.05, 0.1) is 11.4 Å². The van der Waals surface area contributed by atoms with Crippen molar-refractivity contribution < 1.29 is 4.79 Å². The van der Waals surface area contributed by atoms with Crippen molar-refractivity contribution in [1.29, 1.82) is 0 Å².